The maximum absolute atomic E-state index is 6.13. The lowest BCUT2D eigenvalue weighted by Gasteiger charge is -2.23. The molecule has 4 saturated carbocycles. The van der Waals surface area contributed by atoms with Crippen LogP contribution in [0.15, 0.2) is 0 Å². The fraction of sp³-hybridized carbons (Fsp3) is 1.00. The maximum Gasteiger partial charge on any atom is 0.0616 e. The van der Waals surface area contributed by atoms with Crippen LogP contribution < -0.4 is 0 Å². The van der Waals surface area contributed by atoms with Crippen molar-refractivity contribution >= 4 is 0 Å². The largest absolute Gasteiger partial charge is 0.374 e. The molecule has 5 aliphatic rings. The van der Waals surface area contributed by atoms with Gasteiger partial charge in [0.05, 0.1) is 12.2 Å². The fourth-order valence-electron chi connectivity index (χ4n) is 5.87. The molecule has 0 amide bonds. The van der Waals surface area contributed by atoms with E-state index < -0.39 is 0 Å². The highest BCUT2D eigenvalue weighted by Crippen LogP contribution is 2.74. The summed E-state index contributed by atoms with van der Waals surface area (Å²) in [5.74, 6) is 6.58. The first-order valence-corrected chi connectivity index (χ1v) is 5.59. The van der Waals surface area contributed by atoms with E-state index in [4.69, 9.17) is 4.74 Å². The minimum Gasteiger partial charge on any atom is -0.374 e. The van der Waals surface area contributed by atoms with Crippen LogP contribution in [-0.2, 0) is 4.74 Å². The van der Waals surface area contributed by atoms with Gasteiger partial charge in [0.2, 0.25) is 0 Å². The molecule has 0 spiro atoms. The molecule has 0 radical (unpaired) electrons. The van der Waals surface area contributed by atoms with Crippen LogP contribution in [0, 0.1) is 35.5 Å². The molecule has 4 aliphatic carbocycles. The van der Waals surface area contributed by atoms with Crippen molar-refractivity contribution < 1.29 is 4.74 Å². The van der Waals surface area contributed by atoms with Crippen molar-refractivity contribution in [3.63, 3.8) is 0 Å². The van der Waals surface area contributed by atoms with Crippen LogP contribution in [0.5, 0.6) is 0 Å². The summed E-state index contributed by atoms with van der Waals surface area (Å²) in [4.78, 5) is 0. The van der Waals surface area contributed by atoms with Crippen molar-refractivity contribution in [2.75, 3.05) is 0 Å². The topological polar surface area (TPSA) is 9.23 Å². The summed E-state index contributed by atoms with van der Waals surface area (Å²) >= 11 is 0. The summed E-state index contributed by atoms with van der Waals surface area (Å²) in [5, 5.41) is 0. The monoisotopic (exact) mass is 162 g/mol. The van der Waals surface area contributed by atoms with Crippen LogP contribution >= 0.6 is 0 Å². The first-order valence-electron chi connectivity index (χ1n) is 5.59. The van der Waals surface area contributed by atoms with Gasteiger partial charge in [0, 0.05) is 0 Å². The molecule has 0 aromatic carbocycles. The van der Waals surface area contributed by atoms with Gasteiger partial charge in [-0.2, -0.15) is 0 Å². The average molecular weight is 162 g/mol. The van der Waals surface area contributed by atoms with Crippen LogP contribution in [0.3, 0.4) is 0 Å². The van der Waals surface area contributed by atoms with Gasteiger partial charge in [0.1, 0.15) is 0 Å². The summed E-state index contributed by atoms with van der Waals surface area (Å²) < 4.78 is 6.13. The average Bonchev–Trinajstić information content (AvgIpc) is 2.57. The van der Waals surface area contributed by atoms with Crippen LogP contribution in [0.2, 0.25) is 0 Å². The maximum atomic E-state index is 6.13. The summed E-state index contributed by atoms with van der Waals surface area (Å²) in [6.07, 6.45) is 5.95. The Labute approximate surface area is 72.5 Å². The quantitative estimate of drug-likeness (QED) is 0.526. The molecule has 2 bridgehead atoms. The molecule has 1 aliphatic heterocycles. The van der Waals surface area contributed by atoms with Crippen LogP contribution in [0.1, 0.15) is 19.3 Å². The fourth-order valence-corrected chi connectivity index (χ4v) is 5.87. The highest BCUT2D eigenvalue weighted by Gasteiger charge is 2.73. The molecule has 1 saturated heterocycles. The molecule has 64 valence electrons. The number of fused-ring (bicyclic) bond motifs is 1. The minimum absolute atomic E-state index is 0.729. The zero-order valence-corrected chi connectivity index (χ0v) is 7.15. The third-order valence-corrected chi connectivity index (χ3v) is 5.84. The van der Waals surface area contributed by atoms with Crippen molar-refractivity contribution in [1.82, 2.24) is 0 Å². The highest BCUT2D eigenvalue weighted by molar-refractivity contribution is 5.20. The summed E-state index contributed by atoms with van der Waals surface area (Å²) in [6, 6.07) is 0. The molecule has 1 heterocycles. The molecule has 5 fully saturated rings. The Morgan fingerprint density at radius 3 is 1.83 bits per heavy atom. The predicted octanol–water partition coefficient (Wildman–Crippen LogP) is 1.68. The summed E-state index contributed by atoms with van der Waals surface area (Å²) in [7, 11) is 0. The molecule has 0 unspecified atom stereocenters. The lowest BCUT2D eigenvalue weighted by atomic mass is 9.80. The van der Waals surface area contributed by atoms with Crippen molar-refractivity contribution in [3.8, 4) is 0 Å². The third kappa shape index (κ3) is 0.348. The second-order valence-corrected chi connectivity index (χ2v) is 5.73. The van der Waals surface area contributed by atoms with E-state index in [-0.39, 0.29) is 0 Å². The Morgan fingerprint density at radius 2 is 1.25 bits per heavy atom. The van der Waals surface area contributed by atoms with Crippen LogP contribution in [0.4, 0.5) is 0 Å². The lowest BCUT2D eigenvalue weighted by molar-refractivity contribution is 0.0392. The predicted molar refractivity (Wildman–Crippen MR) is 43.5 cm³/mol. The van der Waals surface area contributed by atoms with Gasteiger partial charge in [-0.05, 0) is 54.8 Å². The van der Waals surface area contributed by atoms with E-state index in [0.29, 0.717) is 0 Å². The van der Waals surface area contributed by atoms with E-state index in [2.05, 4.69) is 0 Å². The van der Waals surface area contributed by atoms with Gasteiger partial charge in [0.15, 0.2) is 0 Å². The van der Waals surface area contributed by atoms with Crippen LogP contribution in [-0.4, -0.2) is 12.2 Å². The molecule has 0 N–H and O–H groups in total. The van der Waals surface area contributed by atoms with E-state index in [1.54, 1.807) is 6.42 Å². The second kappa shape index (κ2) is 1.39. The first-order chi connectivity index (χ1) is 5.93. The van der Waals surface area contributed by atoms with E-state index in [1.807, 2.05) is 0 Å². The van der Waals surface area contributed by atoms with Crippen LogP contribution in [0.25, 0.3) is 0 Å². The molecule has 1 nitrogen and oxygen atoms in total. The molecule has 8 atom stereocenters. The highest BCUT2D eigenvalue weighted by atomic mass is 16.5. The normalized spacial score (nSPS) is 80.0. The number of rotatable bonds is 0. The van der Waals surface area contributed by atoms with Crippen molar-refractivity contribution in [2.24, 2.45) is 35.5 Å². The van der Waals surface area contributed by atoms with Gasteiger partial charge in [-0.3, -0.25) is 0 Å². The molecular weight excluding hydrogens is 148 g/mol. The standard InChI is InChI=1S/C11H14O/c1-6-4-2-8-10(6)11-7(1)5(4)3-9(11)12-8/h4-11H,1-3H2/t4-,5-,6-,7-,8-,9+,10-,11+/m1/s1. The molecule has 5 rings (SSSR count). The Bertz CT molecular complexity index is 244. The molecular formula is C11H14O. The SMILES string of the molecule is C1[C@@H]2[C@@H]3C[C@@H]4O[C@@H]5C[C@H]3[C@@H]1[C@H]5[C@@H]24. The van der Waals surface area contributed by atoms with Gasteiger partial charge in [-0.15, -0.1) is 0 Å². The smallest absolute Gasteiger partial charge is 0.0616 e. The lowest BCUT2D eigenvalue weighted by Crippen LogP contribution is -2.22. The Kier molecular flexibility index (Phi) is 0.654. The van der Waals surface area contributed by atoms with Gasteiger partial charge in [0.25, 0.3) is 0 Å². The molecule has 12 heavy (non-hydrogen) atoms. The number of hydrogen-bond acceptors (Lipinski definition) is 1. The van der Waals surface area contributed by atoms with E-state index in [1.165, 1.54) is 12.8 Å². The minimum atomic E-state index is 0.729. The zero-order chi connectivity index (χ0) is 7.45. The summed E-state index contributed by atoms with van der Waals surface area (Å²) in [6.45, 7) is 0. The van der Waals surface area contributed by atoms with E-state index in [9.17, 15) is 0 Å². The summed E-state index contributed by atoms with van der Waals surface area (Å²) in [5.41, 5.74) is 0. The van der Waals surface area contributed by atoms with E-state index >= 15 is 0 Å². The van der Waals surface area contributed by atoms with Crippen molar-refractivity contribution in [1.29, 1.82) is 0 Å². The van der Waals surface area contributed by atoms with Gasteiger partial charge < -0.3 is 4.74 Å². The third-order valence-electron chi connectivity index (χ3n) is 5.84. The van der Waals surface area contributed by atoms with Gasteiger partial charge in [-0.25, -0.2) is 0 Å². The van der Waals surface area contributed by atoms with Gasteiger partial charge in [-0.1, -0.05) is 0 Å². The molecule has 1 heteroatoms. The second-order valence-electron chi connectivity index (χ2n) is 5.73. The van der Waals surface area contributed by atoms with E-state index in [0.717, 1.165) is 47.7 Å². The van der Waals surface area contributed by atoms with Crippen molar-refractivity contribution in [3.05, 3.63) is 0 Å². The Balaban J connectivity index is 1.87. The number of ether oxygens (including phenoxy) is 1. The molecule has 0 aromatic heterocycles. The Hall–Kier alpha value is -0.0400. The Morgan fingerprint density at radius 1 is 0.667 bits per heavy atom. The van der Waals surface area contributed by atoms with Crippen molar-refractivity contribution in [2.45, 2.75) is 31.5 Å². The number of hydrogen-bond donors (Lipinski definition) is 0. The zero-order valence-electron chi connectivity index (χ0n) is 7.15. The first kappa shape index (κ1) is 5.64. The van der Waals surface area contributed by atoms with Gasteiger partial charge >= 0.3 is 0 Å². The molecule has 0 aromatic rings.